The summed E-state index contributed by atoms with van der Waals surface area (Å²) >= 11 is 0. The number of carbonyl (C=O) groups excluding carboxylic acids is 2. The topological polar surface area (TPSA) is 117 Å². The highest BCUT2D eigenvalue weighted by Gasteiger charge is 2.55. The molecule has 2 aliphatic heterocycles. The van der Waals surface area contributed by atoms with Crippen molar-refractivity contribution in [3.8, 4) is 5.75 Å². The fraction of sp³-hybridized carbons (Fsp3) is 0.636. The highest BCUT2D eigenvalue weighted by Crippen LogP contribution is 2.36. The van der Waals surface area contributed by atoms with Gasteiger partial charge in [-0.3, -0.25) is 9.59 Å². The van der Waals surface area contributed by atoms with Gasteiger partial charge < -0.3 is 25.0 Å². The maximum absolute atomic E-state index is 13.8. The minimum atomic E-state index is -3.64. The van der Waals surface area contributed by atoms with Crippen molar-refractivity contribution >= 4 is 21.8 Å². The van der Waals surface area contributed by atoms with Crippen molar-refractivity contribution in [1.29, 1.82) is 0 Å². The summed E-state index contributed by atoms with van der Waals surface area (Å²) in [4.78, 5) is 27.7. The summed E-state index contributed by atoms with van der Waals surface area (Å²) in [6.45, 7) is 3.45. The standard InChI is InChI=1S/C22H32F2N4O6S/c1-12(25-3)21(29)26-19(13(2)33-4)22(30)27-9-8-17-20(27)18(11-28(17)35(5,31)32)34-14-6-7-15(23)16(24)10-14/h6-7,10,12-13,17-20,25H,8-9,11H2,1-5H3,(H,26,29)/t12-,13+,17+,18-,19-,20-/m0/s1. The Hall–Kier alpha value is -2.35. The summed E-state index contributed by atoms with van der Waals surface area (Å²) in [5.41, 5.74) is 0. The first kappa shape index (κ1) is 27.2. The predicted molar refractivity (Wildman–Crippen MR) is 123 cm³/mol. The van der Waals surface area contributed by atoms with Crippen LogP contribution in [-0.2, 0) is 24.3 Å². The molecule has 2 saturated heterocycles. The number of fused-ring (bicyclic) bond motifs is 1. The molecule has 1 aromatic rings. The number of nitrogens with zero attached hydrogens (tertiary/aromatic N) is 2. The molecule has 1 aromatic carbocycles. The third-order valence-corrected chi connectivity index (χ3v) is 7.92. The molecule has 0 aliphatic carbocycles. The van der Waals surface area contributed by atoms with E-state index in [1.165, 1.54) is 22.4 Å². The van der Waals surface area contributed by atoms with Crippen molar-refractivity contribution in [1.82, 2.24) is 19.8 Å². The van der Waals surface area contributed by atoms with E-state index >= 15 is 0 Å². The molecule has 2 amide bonds. The molecule has 0 bridgehead atoms. The van der Waals surface area contributed by atoms with Gasteiger partial charge in [-0.05, 0) is 39.4 Å². The molecule has 13 heteroatoms. The van der Waals surface area contributed by atoms with E-state index < -0.39 is 69.8 Å². The summed E-state index contributed by atoms with van der Waals surface area (Å²) in [5, 5.41) is 5.52. The number of nitrogens with one attached hydrogen (secondary N) is 2. The van der Waals surface area contributed by atoms with Crippen molar-refractivity contribution < 1.29 is 36.3 Å². The van der Waals surface area contributed by atoms with Crippen LogP contribution in [0.4, 0.5) is 8.78 Å². The maximum atomic E-state index is 13.8. The van der Waals surface area contributed by atoms with Crippen LogP contribution in [0.15, 0.2) is 18.2 Å². The van der Waals surface area contributed by atoms with E-state index in [2.05, 4.69) is 10.6 Å². The minimum Gasteiger partial charge on any atom is -0.487 e. The van der Waals surface area contributed by atoms with Crippen LogP contribution in [0.3, 0.4) is 0 Å². The molecule has 3 rings (SSSR count). The number of benzene rings is 1. The van der Waals surface area contributed by atoms with E-state index in [0.717, 1.165) is 18.4 Å². The summed E-state index contributed by atoms with van der Waals surface area (Å²) < 4.78 is 64.6. The van der Waals surface area contributed by atoms with Crippen molar-refractivity contribution in [2.24, 2.45) is 0 Å². The molecule has 196 valence electrons. The van der Waals surface area contributed by atoms with Gasteiger partial charge in [-0.1, -0.05) is 0 Å². The van der Waals surface area contributed by atoms with E-state index in [1.807, 2.05) is 0 Å². The first-order valence-electron chi connectivity index (χ1n) is 11.3. The second-order valence-corrected chi connectivity index (χ2v) is 10.8. The van der Waals surface area contributed by atoms with Gasteiger partial charge in [0, 0.05) is 19.7 Å². The maximum Gasteiger partial charge on any atom is 0.248 e. The zero-order valence-corrected chi connectivity index (χ0v) is 21.1. The number of ether oxygens (including phenoxy) is 2. The van der Waals surface area contributed by atoms with E-state index in [1.54, 1.807) is 20.9 Å². The van der Waals surface area contributed by atoms with Crippen molar-refractivity contribution in [3.63, 3.8) is 0 Å². The van der Waals surface area contributed by atoms with Gasteiger partial charge in [0.05, 0.1) is 37.0 Å². The third kappa shape index (κ3) is 5.74. The lowest BCUT2D eigenvalue weighted by molar-refractivity contribution is -0.142. The molecular weight excluding hydrogens is 486 g/mol. The molecular formula is C22H32F2N4O6S. The molecule has 2 aliphatic rings. The minimum absolute atomic E-state index is 0.0141. The number of rotatable bonds is 9. The Morgan fingerprint density at radius 2 is 1.89 bits per heavy atom. The molecule has 6 atom stereocenters. The quantitative estimate of drug-likeness (QED) is 0.476. The molecule has 2 fully saturated rings. The van der Waals surface area contributed by atoms with Gasteiger partial charge in [0.15, 0.2) is 11.6 Å². The van der Waals surface area contributed by atoms with Crippen LogP contribution in [-0.4, -0.2) is 99.3 Å². The predicted octanol–water partition coefficient (Wildman–Crippen LogP) is 0.0845. The average molecular weight is 519 g/mol. The smallest absolute Gasteiger partial charge is 0.248 e. The number of amides is 2. The molecule has 0 saturated carbocycles. The molecule has 2 N–H and O–H groups in total. The molecule has 0 aromatic heterocycles. The zero-order valence-electron chi connectivity index (χ0n) is 20.3. The SMILES string of the molecule is CN[C@@H](C)C(=O)N[C@H](C(=O)N1CC[C@@H]2[C@H]1[C@@H](Oc1ccc(F)c(F)c1)CN2S(C)(=O)=O)[C@@H](C)OC. The Morgan fingerprint density at radius 3 is 2.46 bits per heavy atom. The average Bonchev–Trinajstić information content (AvgIpc) is 3.39. The Kier molecular flexibility index (Phi) is 8.35. The van der Waals surface area contributed by atoms with Crippen LogP contribution < -0.4 is 15.4 Å². The van der Waals surface area contributed by atoms with Crippen molar-refractivity contribution in [3.05, 3.63) is 29.8 Å². The molecule has 35 heavy (non-hydrogen) atoms. The number of halogens is 2. The number of sulfonamides is 1. The van der Waals surface area contributed by atoms with Crippen LogP contribution in [0.25, 0.3) is 0 Å². The molecule has 0 spiro atoms. The van der Waals surface area contributed by atoms with E-state index in [0.29, 0.717) is 6.42 Å². The first-order chi connectivity index (χ1) is 16.4. The molecule has 2 heterocycles. The lowest BCUT2D eigenvalue weighted by Gasteiger charge is -2.34. The van der Waals surface area contributed by atoms with E-state index in [4.69, 9.17) is 9.47 Å². The molecule has 10 nitrogen and oxygen atoms in total. The van der Waals surface area contributed by atoms with Crippen LogP contribution in [0.1, 0.15) is 20.3 Å². The molecule has 0 unspecified atom stereocenters. The number of methoxy groups -OCH3 is 1. The van der Waals surface area contributed by atoms with Gasteiger partial charge in [0.25, 0.3) is 0 Å². The molecule has 0 radical (unpaired) electrons. The summed E-state index contributed by atoms with van der Waals surface area (Å²) in [5.74, 6) is -2.98. The lowest BCUT2D eigenvalue weighted by atomic mass is 10.1. The van der Waals surface area contributed by atoms with Gasteiger partial charge in [0.2, 0.25) is 21.8 Å². The van der Waals surface area contributed by atoms with Gasteiger partial charge in [-0.2, -0.15) is 4.31 Å². The van der Waals surface area contributed by atoms with Crippen LogP contribution in [0, 0.1) is 11.6 Å². The van der Waals surface area contributed by atoms with Gasteiger partial charge >= 0.3 is 0 Å². The summed E-state index contributed by atoms with van der Waals surface area (Å²) in [6.07, 6.45) is -0.0799. The monoisotopic (exact) mass is 518 g/mol. The normalized spacial score (nSPS) is 25.1. The zero-order chi connectivity index (χ0) is 26.1. The van der Waals surface area contributed by atoms with E-state index in [-0.39, 0.29) is 18.8 Å². The van der Waals surface area contributed by atoms with Crippen LogP contribution in [0.2, 0.25) is 0 Å². The Labute approximate surface area is 204 Å². The van der Waals surface area contributed by atoms with E-state index in [9.17, 15) is 26.8 Å². The Bertz CT molecular complexity index is 1060. The second kappa shape index (κ2) is 10.7. The fourth-order valence-corrected chi connectivity index (χ4v) is 5.70. The van der Waals surface area contributed by atoms with Gasteiger partial charge in [0.1, 0.15) is 17.9 Å². The van der Waals surface area contributed by atoms with Gasteiger partial charge in [-0.25, -0.2) is 17.2 Å². The number of hydrogen-bond acceptors (Lipinski definition) is 7. The third-order valence-electron chi connectivity index (χ3n) is 6.65. The highest BCUT2D eigenvalue weighted by atomic mass is 32.2. The van der Waals surface area contributed by atoms with Crippen LogP contribution >= 0.6 is 0 Å². The lowest BCUT2D eigenvalue weighted by Crippen LogP contribution is -2.59. The number of likely N-dealkylation sites (N-methyl/N-ethyl adjacent to an activating group) is 1. The highest BCUT2D eigenvalue weighted by molar-refractivity contribution is 7.88. The number of hydrogen-bond donors (Lipinski definition) is 2. The Balaban J connectivity index is 1.91. The van der Waals surface area contributed by atoms with Crippen molar-refractivity contribution in [2.75, 3.05) is 33.5 Å². The fourth-order valence-electron chi connectivity index (χ4n) is 4.56. The van der Waals surface area contributed by atoms with Crippen molar-refractivity contribution in [2.45, 2.75) is 56.6 Å². The van der Waals surface area contributed by atoms with Gasteiger partial charge in [-0.15, -0.1) is 0 Å². The second-order valence-electron chi connectivity index (χ2n) is 8.88. The first-order valence-corrected chi connectivity index (χ1v) is 13.1. The Morgan fingerprint density at radius 1 is 1.20 bits per heavy atom. The van der Waals surface area contributed by atoms with Crippen LogP contribution in [0.5, 0.6) is 5.75 Å². The largest absolute Gasteiger partial charge is 0.487 e. The number of carbonyl (C=O) groups is 2. The number of likely N-dealkylation sites (tertiary alicyclic amines) is 1. The summed E-state index contributed by atoms with van der Waals surface area (Å²) in [6, 6.07) is 0.190. The summed E-state index contributed by atoms with van der Waals surface area (Å²) in [7, 11) is -0.609.